The molecule has 1 aliphatic rings. The van der Waals surface area contributed by atoms with Crippen LogP contribution < -0.4 is 4.72 Å². The first kappa shape index (κ1) is 17.1. The maximum Gasteiger partial charge on any atom is 0.215 e. The summed E-state index contributed by atoms with van der Waals surface area (Å²) >= 11 is 0. The van der Waals surface area contributed by atoms with Crippen LogP contribution in [-0.4, -0.2) is 27.7 Å². The lowest BCUT2D eigenvalue weighted by Gasteiger charge is -2.27. The van der Waals surface area contributed by atoms with Crippen LogP contribution >= 0.6 is 0 Å². The molecular weight excluding hydrogens is 329 g/mol. The zero-order valence-electron chi connectivity index (χ0n) is 13.5. The molecule has 2 aromatic carbocycles. The molecule has 4 nitrogen and oxygen atoms in total. The van der Waals surface area contributed by atoms with Crippen LogP contribution in [0.2, 0.25) is 0 Å². The highest BCUT2D eigenvalue weighted by molar-refractivity contribution is 7.88. The van der Waals surface area contributed by atoms with Gasteiger partial charge in [0.05, 0.1) is 11.4 Å². The van der Waals surface area contributed by atoms with Gasteiger partial charge in [-0.1, -0.05) is 36.4 Å². The van der Waals surface area contributed by atoms with Gasteiger partial charge in [-0.3, -0.25) is 0 Å². The number of hydrogen-bond donors (Lipinski definition) is 1. The van der Waals surface area contributed by atoms with E-state index in [1.807, 2.05) is 24.3 Å². The minimum absolute atomic E-state index is 0.190. The summed E-state index contributed by atoms with van der Waals surface area (Å²) in [5, 5.41) is 0. The Morgan fingerprint density at radius 3 is 2.38 bits per heavy atom. The molecule has 1 N–H and O–H groups in total. The van der Waals surface area contributed by atoms with E-state index >= 15 is 0 Å². The summed E-state index contributed by atoms with van der Waals surface area (Å²) in [5.41, 5.74) is 2.22. The molecule has 0 radical (unpaired) electrons. The Morgan fingerprint density at radius 1 is 1.12 bits per heavy atom. The number of ether oxygens (including phenoxy) is 1. The number of fused-ring (bicyclic) bond motifs is 1. The van der Waals surface area contributed by atoms with Crippen LogP contribution in [0.5, 0.6) is 0 Å². The first-order valence-corrected chi connectivity index (χ1v) is 9.40. The van der Waals surface area contributed by atoms with Crippen molar-refractivity contribution in [2.75, 3.05) is 13.7 Å². The monoisotopic (exact) mass is 349 g/mol. The summed E-state index contributed by atoms with van der Waals surface area (Å²) < 4.78 is 46.1. The highest BCUT2D eigenvalue weighted by atomic mass is 32.2. The molecule has 0 aliphatic heterocycles. The van der Waals surface area contributed by atoms with E-state index in [2.05, 4.69) is 4.72 Å². The van der Waals surface area contributed by atoms with Gasteiger partial charge in [0, 0.05) is 26.5 Å². The van der Waals surface area contributed by atoms with E-state index in [-0.39, 0.29) is 12.3 Å². The van der Waals surface area contributed by atoms with Crippen molar-refractivity contribution in [1.29, 1.82) is 0 Å². The van der Waals surface area contributed by atoms with Crippen molar-refractivity contribution in [3.63, 3.8) is 0 Å². The van der Waals surface area contributed by atoms with Gasteiger partial charge in [0.25, 0.3) is 0 Å². The van der Waals surface area contributed by atoms with E-state index in [1.54, 1.807) is 13.2 Å². The molecule has 0 spiro atoms. The summed E-state index contributed by atoms with van der Waals surface area (Å²) in [6, 6.07) is 13.6. The second-order valence-corrected chi connectivity index (χ2v) is 8.03. The van der Waals surface area contributed by atoms with E-state index in [9.17, 15) is 12.8 Å². The van der Waals surface area contributed by atoms with Gasteiger partial charge < -0.3 is 4.74 Å². The van der Waals surface area contributed by atoms with E-state index in [0.29, 0.717) is 18.4 Å². The van der Waals surface area contributed by atoms with Crippen LogP contribution in [0.1, 0.15) is 16.7 Å². The average Bonchev–Trinajstić information content (AvgIpc) is 2.92. The van der Waals surface area contributed by atoms with Crippen LogP contribution in [0.25, 0.3) is 0 Å². The molecule has 0 fully saturated rings. The molecule has 0 saturated carbocycles. The second-order valence-electron chi connectivity index (χ2n) is 6.22. The molecule has 0 bridgehead atoms. The van der Waals surface area contributed by atoms with Crippen LogP contribution in [0.15, 0.2) is 48.5 Å². The molecule has 6 heteroatoms. The van der Waals surface area contributed by atoms with Crippen molar-refractivity contribution >= 4 is 10.0 Å². The smallest absolute Gasteiger partial charge is 0.215 e. The molecular formula is C18H20FNO3S. The Bertz CT molecular complexity index is 811. The lowest BCUT2D eigenvalue weighted by molar-refractivity contribution is 0.00377. The average molecular weight is 349 g/mol. The summed E-state index contributed by atoms with van der Waals surface area (Å²) in [6.07, 6.45) is 1.34. The van der Waals surface area contributed by atoms with Crippen LogP contribution in [-0.2, 0) is 33.4 Å². The Kier molecular flexibility index (Phi) is 4.71. The Balaban J connectivity index is 1.68. The molecule has 2 aromatic rings. The van der Waals surface area contributed by atoms with Gasteiger partial charge in [0.1, 0.15) is 5.82 Å². The van der Waals surface area contributed by atoms with Crippen molar-refractivity contribution in [2.24, 2.45) is 0 Å². The minimum Gasteiger partial charge on any atom is -0.376 e. The number of rotatable bonds is 6. The summed E-state index contributed by atoms with van der Waals surface area (Å²) in [6.45, 7) is 0.190. The maximum atomic E-state index is 13.2. The molecule has 0 heterocycles. The third kappa shape index (κ3) is 3.83. The highest BCUT2D eigenvalue weighted by Crippen LogP contribution is 2.32. The van der Waals surface area contributed by atoms with Gasteiger partial charge in [0.15, 0.2) is 0 Å². The van der Waals surface area contributed by atoms with Gasteiger partial charge in [-0.25, -0.2) is 17.5 Å². The Labute approximate surface area is 141 Å². The fraction of sp³-hybridized carbons (Fsp3) is 0.333. The number of nitrogens with one attached hydrogen (secondary N) is 1. The molecule has 0 aromatic heterocycles. The zero-order valence-corrected chi connectivity index (χ0v) is 14.3. The first-order chi connectivity index (χ1) is 11.4. The maximum absolute atomic E-state index is 13.2. The zero-order chi connectivity index (χ0) is 17.2. The van der Waals surface area contributed by atoms with E-state index in [0.717, 1.165) is 0 Å². The molecule has 3 rings (SSSR count). The van der Waals surface area contributed by atoms with Crippen molar-refractivity contribution in [3.8, 4) is 0 Å². The Morgan fingerprint density at radius 2 is 1.79 bits per heavy atom. The van der Waals surface area contributed by atoms with Gasteiger partial charge in [-0.15, -0.1) is 0 Å². The highest BCUT2D eigenvalue weighted by Gasteiger charge is 2.38. The number of halogens is 1. The standard InChI is InChI=1S/C18H20FNO3S/c1-23-18(10-15-6-2-3-7-16(15)11-18)13-20-24(21,22)12-14-5-4-8-17(19)9-14/h2-9,20H,10-13H2,1H3. The molecule has 0 atom stereocenters. The summed E-state index contributed by atoms with van der Waals surface area (Å²) in [5.74, 6) is -0.695. The second kappa shape index (κ2) is 6.63. The van der Waals surface area contributed by atoms with E-state index in [4.69, 9.17) is 4.74 Å². The van der Waals surface area contributed by atoms with Crippen molar-refractivity contribution in [1.82, 2.24) is 4.72 Å². The topological polar surface area (TPSA) is 55.4 Å². The van der Waals surface area contributed by atoms with Gasteiger partial charge in [0.2, 0.25) is 10.0 Å². The number of benzene rings is 2. The van der Waals surface area contributed by atoms with E-state index < -0.39 is 21.4 Å². The van der Waals surface area contributed by atoms with Crippen LogP contribution in [0, 0.1) is 5.82 Å². The molecule has 128 valence electrons. The Hall–Kier alpha value is -1.76. The minimum atomic E-state index is -3.57. The van der Waals surface area contributed by atoms with Gasteiger partial charge in [-0.05, 0) is 28.8 Å². The molecule has 1 aliphatic carbocycles. The normalized spacial score (nSPS) is 16.1. The van der Waals surface area contributed by atoms with Crippen molar-refractivity contribution in [3.05, 3.63) is 71.0 Å². The fourth-order valence-electron chi connectivity index (χ4n) is 3.14. The number of methoxy groups -OCH3 is 1. The lowest BCUT2D eigenvalue weighted by Crippen LogP contribution is -2.45. The predicted octanol–water partition coefficient (Wildman–Crippen LogP) is 2.43. The quantitative estimate of drug-likeness (QED) is 0.871. The lowest BCUT2D eigenvalue weighted by atomic mass is 10.0. The largest absolute Gasteiger partial charge is 0.376 e. The SMILES string of the molecule is COC1(CNS(=O)(=O)Cc2cccc(F)c2)Cc2ccccc2C1. The van der Waals surface area contributed by atoms with Gasteiger partial charge in [-0.2, -0.15) is 0 Å². The summed E-state index contributed by atoms with van der Waals surface area (Å²) in [4.78, 5) is 0. The van der Waals surface area contributed by atoms with Crippen LogP contribution in [0.3, 0.4) is 0 Å². The van der Waals surface area contributed by atoms with Crippen molar-refractivity contribution in [2.45, 2.75) is 24.2 Å². The summed E-state index contributed by atoms with van der Waals surface area (Å²) in [7, 11) is -1.97. The van der Waals surface area contributed by atoms with E-state index in [1.165, 1.54) is 29.3 Å². The predicted molar refractivity (Wildman–Crippen MR) is 90.6 cm³/mol. The fourth-order valence-corrected chi connectivity index (χ4v) is 4.34. The number of hydrogen-bond acceptors (Lipinski definition) is 3. The van der Waals surface area contributed by atoms with Gasteiger partial charge >= 0.3 is 0 Å². The molecule has 0 amide bonds. The van der Waals surface area contributed by atoms with Crippen LogP contribution in [0.4, 0.5) is 4.39 Å². The third-order valence-corrected chi connectivity index (χ3v) is 5.73. The third-order valence-electron chi connectivity index (χ3n) is 4.44. The number of sulfonamides is 1. The molecule has 24 heavy (non-hydrogen) atoms. The first-order valence-electron chi connectivity index (χ1n) is 7.75. The molecule has 0 saturated heterocycles. The van der Waals surface area contributed by atoms with Crippen molar-refractivity contribution < 1.29 is 17.5 Å². The molecule has 0 unspecified atom stereocenters.